The molecule has 0 saturated carbocycles. The summed E-state index contributed by atoms with van der Waals surface area (Å²) in [6.07, 6.45) is 7.88. The van der Waals surface area contributed by atoms with Crippen LogP contribution < -0.4 is 0 Å². The molecule has 0 heterocycles. The van der Waals surface area contributed by atoms with Gasteiger partial charge in [-0.05, 0) is 31.8 Å². The lowest BCUT2D eigenvalue weighted by Crippen LogP contribution is -2.17. The molecule has 0 bridgehead atoms. The van der Waals surface area contributed by atoms with Crippen molar-refractivity contribution in [3.05, 3.63) is 12.2 Å². The Morgan fingerprint density at radius 1 is 1.50 bits per heavy atom. The van der Waals surface area contributed by atoms with Crippen LogP contribution in [0.5, 0.6) is 0 Å². The molecule has 0 N–H and O–H groups in total. The molecule has 14 heavy (non-hydrogen) atoms. The number of hydrogen-bond acceptors (Lipinski definition) is 3. The van der Waals surface area contributed by atoms with Crippen molar-refractivity contribution < 1.29 is 14.3 Å². The molecule has 0 spiro atoms. The number of rotatable bonds is 2. The molecule has 0 saturated heterocycles. The molecule has 1 aliphatic rings. The van der Waals surface area contributed by atoms with Gasteiger partial charge in [-0.15, -0.1) is 0 Å². The molecule has 2 unspecified atom stereocenters. The topological polar surface area (TPSA) is 35.5 Å². The summed E-state index contributed by atoms with van der Waals surface area (Å²) >= 11 is 3.59. The molecule has 2 atom stereocenters. The Labute approximate surface area is 89.9 Å². The minimum atomic E-state index is -0.511. The normalized spacial score (nSPS) is 30.1. The van der Waals surface area contributed by atoms with Crippen molar-refractivity contribution in [1.82, 2.24) is 0 Å². The molecule has 0 aromatic carbocycles. The van der Waals surface area contributed by atoms with Crippen LogP contribution in [0.4, 0.5) is 4.79 Å². The van der Waals surface area contributed by atoms with Crippen LogP contribution >= 0.6 is 12.6 Å². The number of methoxy groups -OCH3 is 1. The highest BCUT2D eigenvalue weighted by atomic mass is 32.1. The van der Waals surface area contributed by atoms with Gasteiger partial charge < -0.3 is 9.47 Å². The average molecular weight is 216 g/mol. The zero-order chi connectivity index (χ0) is 10.4. The van der Waals surface area contributed by atoms with Crippen LogP contribution in [0, 0.1) is 0 Å². The second-order valence-corrected chi connectivity index (χ2v) is 3.74. The van der Waals surface area contributed by atoms with Gasteiger partial charge in [0.25, 0.3) is 0 Å². The first-order valence-corrected chi connectivity index (χ1v) is 5.26. The fourth-order valence-corrected chi connectivity index (χ4v) is 1.72. The van der Waals surface area contributed by atoms with Crippen molar-refractivity contribution in [1.29, 1.82) is 0 Å². The van der Waals surface area contributed by atoms with Gasteiger partial charge in [-0.1, -0.05) is 18.7 Å². The first-order chi connectivity index (χ1) is 6.72. The van der Waals surface area contributed by atoms with E-state index < -0.39 is 5.30 Å². The van der Waals surface area contributed by atoms with E-state index in [4.69, 9.17) is 9.47 Å². The van der Waals surface area contributed by atoms with Gasteiger partial charge in [0, 0.05) is 7.11 Å². The minimum absolute atomic E-state index is 0.113. The van der Waals surface area contributed by atoms with Crippen LogP contribution in [-0.2, 0) is 9.47 Å². The summed E-state index contributed by atoms with van der Waals surface area (Å²) in [5.41, 5.74) is 0. The van der Waals surface area contributed by atoms with E-state index in [2.05, 4.69) is 12.6 Å². The first kappa shape index (κ1) is 11.6. The summed E-state index contributed by atoms with van der Waals surface area (Å²) in [7, 11) is 1.73. The molecule has 0 fully saturated rings. The summed E-state index contributed by atoms with van der Waals surface area (Å²) in [6, 6.07) is 0. The van der Waals surface area contributed by atoms with Crippen molar-refractivity contribution in [3.63, 3.8) is 0 Å². The third-order valence-corrected chi connectivity index (χ3v) is 2.46. The maximum absolute atomic E-state index is 10.6. The van der Waals surface area contributed by atoms with Crippen molar-refractivity contribution in [3.8, 4) is 0 Å². The van der Waals surface area contributed by atoms with E-state index >= 15 is 0 Å². The lowest BCUT2D eigenvalue weighted by Gasteiger charge is -2.19. The van der Waals surface area contributed by atoms with Crippen molar-refractivity contribution >= 4 is 17.9 Å². The van der Waals surface area contributed by atoms with E-state index in [0.717, 1.165) is 25.7 Å². The van der Waals surface area contributed by atoms with Gasteiger partial charge >= 0.3 is 5.30 Å². The van der Waals surface area contributed by atoms with E-state index in [-0.39, 0.29) is 6.10 Å². The quantitative estimate of drug-likeness (QED) is 0.438. The molecular weight excluding hydrogens is 200 g/mol. The zero-order valence-corrected chi connectivity index (χ0v) is 9.20. The van der Waals surface area contributed by atoms with Gasteiger partial charge in [-0.3, -0.25) is 0 Å². The maximum Gasteiger partial charge on any atom is 0.364 e. The Kier molecular flexibility index (Phi) is 5.04. The molecule has 4 heteroatoms. The predicted octanol–water partition coefficient (Wildman–Crippen LogP) is 2.57. The van der Waals surface area contributed by atoms with Crippen molar-refractivity contribution in [2.24, 2.45) is 0 Å². The van der Waals surface area contributed by atoms with E-state index in [0.29, 0.717) is 6.10 Å². The largest absolute Gasteiger partial charge is 0.450 e. The molecule has 1 aliphatic carbocycles. The van der Waals surface area contributed by atoms with Gasteiger partial charge in [-0.2, -0.15) is 0 Å². The number of ether oxygens (including phenoxy) is 2. The summed E-state index contributed by atoms with van der Waals surface area (Å²) in [5.74, 6) is 0. The molecule has 0 radical (unpaired) electrons. The number of thiol groups is 1. The number of carbonyl (C=O) groups is 1. The fourth-order valence-electron chi connectivity index (χ4n) is 1.58. The van der Waals surface area contributed by atoms with Crippen LogP contribution in [0.1, 0.15) is 25.7 Å². The smallest absolute Gasteiger partial charge is 0.364 e. The Morgan fingerprint density at radius 3 is 2.93 bits per heavy atom. The molecule has 1 rings (SSSR count). The van der Waals surface area contributed by atoms with E-state index in [1.165, 1.54) is 0 Å². The van der Waals surface area contributed by atoms with Crippen molar-refractivity contribution in [2.45, 2.75) is 37.9 Å². The standard InChI is InChI=1S/C10H16O3S/c1-12-8-4-2-6-9(7-3-5-8)13-10(11)14/h2,6,8-9H,3-5,7H2,1H3,(H,11,14)/b6-2+. The second kappa shape index (κ2) is 6.09. The lowest BCUT2D eigenvalue weighted by atomic mass is 10.0. The molecule has 0 aromatic heterocycles. The highest BCUT2D eigenvalue weighted by molar-refractivity contribution is 7.96. The Bertz CT molecular complexity index is 215. The Hall–Kier alpha value is -0.480. The van der Waals surface area contributed by atoms with E-state index in [9.17, 15) is 4.79 Å². The number of hydrogen-bond donors (Lipinski definition) is 1. The summed E-state index contributed by atoms with van der Waals surface area (Å²) in [4.78, 5) is 10.6. The molecule has 80 valence electrons. The van der Waals surface area contributed by atoms with Crippen LogP contribution in [0.15, 0.2) is 12.2 Å². The van der Waals surface area contributed by atoms with Gasteiger partial charge in [0.05, 0.1) is 6.10 Å². The fraction of sp³-hybridized carbons (Fsp3) is 0.700. The average Bonchev–Trinajstić information content (AvgIpc) is 2.08. The number of carbonyl (C=O) groups excluding carboxylic acids is 1. The SMILES string of the molecule is COC1C/C=C/C(OC(=O)S)CCC1. The van der Waals surface area contributed by atoms with E-state index in [1.54, 1.807) is 7.11 Å². The molecule has 3 nitrogen and oxygen atoms in total. The summed E-state index contributed by atoms with van der Waals surface area (Å²) in [6.45, 7) is 0. The Morgan fingerprint density at radius 2 is 2.29 bits per heavy atom. The van der Waals surface area contributed by atoms with Gasteiger partial charge in [0.2, 0.25) is 0 Å². The zero-order valence-electron chi connectivity index (χ0n) is 8.31. The van der Waals surface area contributed by atoms with E-state index in [1.807, 2.05) is 12.2 Å². The predicted molar refractivity (Wildman–Crippen MR) is 57.7 cm³/mol. The Balaban J connectivity index is 2.42. The second-order valence-electron chi connectivity index (χ2n) is 3.37. The van der Waals surface area contributed by atoms with Crippen LogP contribution in [0.2, 0.25) is 0 Å². The first-order valence-electron chi connectivity index (χ1n) is 4.81. The highest BCUT2D eigenvalue weighted by Crippen LogP contribution is 2.17. The molecule has 0 amide bonds. The van der Waals surface area contributed by atoms with Gasteiger partial charge in [0.1, 0.15) is 6.10 Å². The van der Waals surface area contributed by atoms with Crippen molar-refractivity contribution in [2.75, 3.05) is 7.11 Å². The van der Waals surface area contributed by atoms with Gasteiger partial charge in [0.15, 0.2) is 0 Å². The van der Waals surface area contributed by atoms with Crippen LogP contribution in [0.25, 0.3) is 0 Å². The summed E-state index contributed by atoms with van der Waals surface area (Å²) < 4.78 is 10.3. The van der Waals surface area contributed by atoms with Gasteiger partial charge in [-0.25, -0.2) is 4.79 Å². The maximum atomic E-state index is 10.6. The molecule has 0 aromatic rings. The van der Waals surface area contributed by atoms with Crippen LogP contribution in [-0.4, -0.2) is 24.6 Å². The molecule has 0 aliphatic heterocycles. The molecular formula is C10H16O3S. The third kappa shape index (κ3) is 4.15. The highest BCUT2D eigenvalue weighted by Gasteiger charge is 2.14. The van der Waals surface area contributed by atoms with Crippen LogP contribution in [0.3, 0.4) is 0 Å². The monoisotopic (exact) mass is 216 g/mol. The summed E-state index contributed by atoms with van der Waals surface area (Å²) in [5, 5.41) is -0.511. The minimum Gasteiger partial charge on any atom is -0.450 e. The lowest BCUT2D eigenvalue weighted by molar-refractivity contribution is 0.0858. The third-order valence-electron chi connectivity index (χ3n) is 2.35.